The molecule has 3 aliphatic rings. The number of aryl methyl sites for hydroxylation is 1. The molecule has 35 heavy (non-hydrogen) atoms. The summed E-state index contributed by atoms with van der Waals surface area (Å²) in [5, 5.41) is 0. The van der Waals surface area contributed by atoms with E-state index in [9.17, 15) is 0 Å². The van der Waals surface area contributed by atoms with E-state index in [1.54, 1.807) is 33.4 Å². The minimum absolute atomic E-state index is 0.130. The number of fused-ring (bicyclic) bond motifs is 3. The zero-order valence-corrected chi connectivity index (χ0v) is 24.8. The minimum Gasteiger partial charge on any atom is -0.109 e. The summed E-state index contributed by atoms with van der Waals surface area (Å²) >= 11 is 0. The van der Waals surface area contributed by atoms with Crippen LogP contribution in [0.4, 0.5) is 0 Å². The summed E-state index contributed by atoms with van der Waals surface area (Å²) in [6.07, 6.45) is 21.0. The van der Waals surface area contributed by atoms with Gasteiger partial charge in [0.2, 0.25) is 0 Å². The van der Waals surface area contributed by atoms with Gasteiger partial charge in [0, 0.05) is 0 Å². The van der Waals surface area contributed by atoms with Crippen LogP contribution in [0, 0.1) is 16.7 Å². The van der Waals surface area contributed by atoms with Gasteiger partial charge in [0.25, 0.3) is 0 Å². The van der Waals surface area contributed by atoms with Gasteiger partial charge in [-0.15, -0.1) is 7.92 Å². The SMILES string of the molecule is C=C(Cc1cc(CCCCC)cc2c1C1CC(C)=CCC1C(C)(C)C2)C1(CP(C)CC)CCCC1. The molecule has 1 heteroatoms. The highest BCUT2D eigenvalue weighted by Crippen LogP contribution is 2.56. The molecule has 1 fully saturated rings. The first-order chi connectivity index (χ1) is 16.7. The van der Waals surface area contributed by atoms with Crippen LogP contribution in [0.5, 0.6) is 0 Å². The second kappa shape index (κ2) is 11.3. The summed E-state index contributed by atoms with van der Waals surface area (Å²) in [6.45, 7) is 19.6. The van der Waals surface area contributed by atoms with Crippen molar-refractivity contribution >= 4 is 7.92 Å². The molecule has 3 aliphatic carbocycles. The lowest BCUT2D eigenvalue weighted by atomic mass is 9.56. The molecule has 1 saturated carbocycles. The van der Waals surface area contributed by atoms with E-state index in [1.807, 2.05) is 0 Å². The fraction of sp³-hybridized carbons (Fsp3) is 0.706. The molecule has 1 aromatic carbocycles. The third-order valence-electron chi connectivity index (χ3n) is 10.1. The summed E-state index contributed by atoms with van der Waals surface area (Å²) in [6, 6.07) is 5.29. The predicted octanol–water partition coefficient (Wildman–Crippen LogP) is 10.2. The van der Waals surface area contributed by atoms with Crippen molar-refractivity contribution in [2.45, 2.75) is 118 Å². The van der Waals surface area contributed by atoms with Gasteiger partial charge < -0.3 is 0 Å². The molecule has 0 radical (unpaired) electrons. The van der Waals surface area contributed by atoms with Gasteiger partial charge in [-0.2, -0.15) is 0 Å². The molecule has 0 spiro atoms. The molecule has 3 atom stereocenters. The predicted molar refractivity (Wildman–Crippen MR) is 158 cm³/mol. The lowest BCUT2D eigenvalue weighted by molar-refractivity contribution is 0.151. The fourth-order valence-electron chi connectivity index (χ4n) is 7.92. The Bertz CT molecular complexity index is 926. The standard InChI is InChI=1S/C34H53P/c1-8-10-11-14-27-21-28(20-26(4)34(17-12-13-18-34)24-35(7)9-2)32-29(22-27)23-33(5,6)31-16-15-25(3)19-30(31)32/h15,21-22,30-31H,4,8-14,16-20,23-24H2,1-3,5-7H3. The van der Waals surface area contributed by atoms with Crippen molar-refractivity contribution in [1.29, 1.82) is 0 Å². The maximum absolute atomic E-state index is 4.89. The molecule has 0 amide bonds. The lowest BCUT2D eigenvalue weighted by Gasteiger charge is -2.48. The molecule has 0 bridgehead atoms. The van der Waals surface area contributed by atoms with Crippen LogP contribution >= 0.6 is 7.92 Å². The fourth-order valence-corrected chi connectivity index (χ4v) is 9.71. The van der Waals surface area contributed by atoms with E-state index in [-0.39, 0.29) is 7.92 Å². The number of hydrogen-bond donors (Lipinski definition) is 0. The Balaban J connectivity index is 1.73. The first-order valence-electron chi connectivity index (χ1n) is 14.9. The van der Waals surface area contributed by atoms with Crippen LogP contribution in [0.25, 0.3) is 0 Å². The number of allylic oxidation sites excluding steroid dienone is 3. The summed E-state index contributed by atoms with van der Waals surface area (Å²) < 4.78 is 0. The molecular weight excluding hydrogens is 439 g/mol. The zero-order chi connectivity index (χ0) is 25.2. The van der Waals surface area contributed by atoms with Crippen LogP contribution in [0.2, 0.25) is 0 Å². The van der Waals surface area contributed by atoms with Crippen LogP contribution < -0.4 is 0 Å². The second-order valence-electron chi connectivity index (χ2n) is 13.3. The smallest absolute Gasteiger partial charge is 0.00484 e. The highest BCUT2D eigenvalue weighted by Gasteiger charge is 2.44. The summed E-state index contributed by atoms with van der Waals surface area (Å²) in [7, 11) is 0.130. The summed E-state index contributed by atoms with van der Waals surface area (Å²) in [4.78, 5) is 0. The van der Waals surface area contributed by atoms with E-state index in [4.69, 9.17) is 6.58 Å². The van der Waals surface area contributed by atoms with Gasteiger partial charge >= 0.3 is 0 Å². The molecule has 0 nitrogen and oxygen atoms in total. The molecule has 1 aromatic rings. The van der Waals surface area contributed by atoms with E-state index >= 15 is 0 Å². The minimum atomic E-state index is 0.130. The molecule has 3 unspecified atom stereocenters. The highest BCUT2D eigenvalue weighted by molar-refractivity contribution is 7.56. The number of benzene rings is 1. The Morgan fingerprint density at radius 1 is 1.11 bits per heavy atom. The van der Waals surface area contributed by atoms with Gasteiger partial charge in [-0.1, -0.05) is 89.3 Å². The average Bonchev–Trinajstić information content (AvgIpc) is 3.28. The quantitative estimate of drug-likeness (QED) is 0.173. The third kappa shape index (κ3) is 5.84. The van der Waals surface area contributed by atoms with E-state index in [1.165, 1.54) is 83.0 Å². The van der Waals surface area contributed by atoms with Crippen molar-refractivity contribution in [3.63, 3.8) is 0 Å². The Kier molecular flexibility index (Phi) is 8.74. The highest BCUT2D eigenvalue weighted by atomic mass is 31.1. The van der Waals surface area contributed by atoms with Crippen LogP contribution in [-0.4, -0.2) is 19.0 Å². The first-order valence-corrected chi connectivity index (χ1v) is 17.0. The van der Waals surface area contributed by atoms with Gasteiger partial charge in [-0.3, -0.25) is 0 Å². The van der Waals surface area contributed by atoms with Gasteiger partial charge in [0.05, 0.1) is 0 Å². The number of rotatable bonds is 10. The average molecular weight is 493 g/mol. The zero-order valence-electron chi connectivity index (χ0n) is 23.9. The molecule has 0 aliphatic heterocycles. The molecule has 0 aromatic heterocycles. The maximum atomic E-state index is 4.89. The molecular formula is C34H53P. The Morgan fingerprint density at radius 3 is 2.54 bits per heavy atom. The molecule has 4 rings (SSSR count). The molecule has 0 heterocycles. The summed E-state index contributed by atoms with van der Waals surface area (Å²) in [5.74, 6) is 1.48. The van der Waals surface area contributed by atoms with Gasteiger partial charge in [0.1, 0.15) is 0 Å². The van der Waals surface area contributed by atoms with Crippen LogP contribution in [0.3, 0.4) is 0 Å². The molecule has 0 N–H and O–H groups in total. The van der Waals surface area contributed by atoms with Gasteiger partial charge in [0.15, 0.2) is 0 Å². The normalized spacial score (nSPS) is 25.5. The monoisotopic (exact) mass is 492 g/mol. The second-order valence-corrected chi connectivity index (χ2v) is 15.9. The Labute approximate surface area is 219 Å². The van der Waals surface area contributed by atoms with Gasteiger partial charge in [-0.05, 0) is 122 Å². The van der Waals surface area contributed by atoms with Crippen molar-refractivity contribution in [1.82, 2.24) is 0 Å². The van der Waals surface area contributed by atoms with Crippen molar-refractivity contribution in [3.05, 3.63) is 58.2 Å². The lowest BCUT2D eigenvalue weighted by Crippen LogP contribution is -2.38. The Hall–Kier alpha value is -0.870. The van der Waals surface area contributed by atoms with Crippen molar-refractivity contribution in [3.8, 4) is 0 Å². The Morgan fingerprint density at radius 2 is 1.86 bits per heavy atom. The number of unbranched alkanes of at least 4 members (excludes halogenated alkanes) is 2. The topological polar surface area (TPSA) is 0 Å². The molecule has 194 valence electrons. The maximum Gasteiger partial charge on any atom is -0.00484 e. The van der Waals surface area contributed by atoms with E-state index in [2.05, 4.69) is 59.5 Å². The van der Waals surface area contributed by atoms with E-state index in [0.29, 0.717) is 16.7 Å². The molecule has 0 saturated heterocycles. The first kappa shape index (κ1) is 27.2. The van der Waals surface area contributed by atoms with Crippen LogP contribution in [-0.2, 0) is 19.3 Å². The van der Waals surface area contributed by atoms with Crippen LogP contribution in [0.1, 0.15) is 121 Å². The number of hydrogen-bond acceptors (Lipinski definition) is 0. The largest absolute Gasteiger partial charge is 0.109 e. The van der Waals surface area contributed by atoms with Gasteiger partial charge in [-0.25, -0.2) is 0 Å². The van der Waals surface area contributed by atoms with Crippen molar-refractivity contribution in [2.75, 3.05) is 19.0 Å². The van der Waals surface area contributed by atoms with E-state index < -0.39 is 0 Å². The third-order valence-corrected chi connectivity index (χ3v) is 12.3. The van der Waals surface area contributed by atoms with Crippen molar-refractivity contribution < 1.29 is 0 Å². The van der Waals surface area contributed by atoms with Crippen LogP contribution in [0.15, 0.2) is 35.9 Å². The van der Waals surface area contributed by atoms with Crippen molar-refractivity contribution in [2.24, 2.45) is 16.7 Å². The summed E-state index contributed by atoms with van der Waals surface area (Å²) in [5.41, 5.74) is 10.7. The van der Waals surface area contributed by atoms with E-state index in [0.717, 1.165) is 12.3 Å².